The van der Waals surface area contributed by atoms with Crippen LogP contribution in [0, 0.1) is 12.3 Å². The van der Waals surface area contributed by atoms with Gasteiger partial charge in [0.1, 0.15) is 0 Å². The largest absolute Gasteiger partial charge is 1.00 e. The third kappa shape index (κ3) is 12.4. The quantitative estimate of drug-likeness (QED) is 0.239. The molecule has 0 fully saturated rings. The van der Waals surface area contributed by atoms with Crippen LogP contribution in [0.1, 0.15) is 1.43 Å². The average molecular weight is 79.1 g/mol. The Bertz CT molecular complexity index is 40.5. The van der Waals surface area contributed by atoms with Gasteiger partial charge in [-0.05, 0) is 0 Å². The molecule has 5 heavy (non-hydrogen) atoms. The van der Waals surface area contributed by atoms with Crippen molar-refractivity contribution in [2.24, 2.45) is 5.73 Å². The summed E-state index contributed by atoms with van der Waals surface area (Å²) in [4.78, 5) is 0. The molecule has 0 unspecified atom stereocenters. The van der Waals surface area contributed by atoms with Gasteiger partial charge in [0.05, 0.1) is 6.54 Å². The fourth-order valence-corrected chi connectivity index (χ4v) is 0. The summed E-state index contributed by atoms with van der Waals surface area (Å²) in [5.41, 5.74) is 4.79. The summed E-state index contributed by atoms with van der Waals surface area (Å²) in [5, 5.41) is 0. The Morgan fingerprint density at radius 3 is 2.20 bits per heavy atom. The molecule has 0 aliphatic rings. The first-order valence-corrected chi connectivity index (χ1v) is 1.05. The minimum absolute atomic E-state index is 0. The van der Waals surface area contributed by atoms with Crippen molar-refractivity contribution < 1.29 is 31.0 Å². The molecule has 0 aliphatic carbocycles. The summed E-state index contributed by atoms with van der Waals surface area (Å²) in [5.74, 6) is 2.21. The minimum atomic E-state index is 0. The second-order valence-corrected chi connectivity index (χ2v) is 0.408. The third-order valence-corrected chi connectivity index (χ3v) is 0.118. The van der Waals surface area contributed by atoms with Crippen LogP contribution in [0.4, 0.5) is 0 Å². The second kappa shape index (κ2) is 8.82. The minimum Gasteiger partial charge on any atom is -1.00 e. The summed E-state index contributed by atoms with van der Waals surface area (Å²) in [6.45, 7) is 0.347. The predicted octanol–water partition coefficient (Wildman–Crippen LogP) is -3.31. The van der Waals surface area contributed by atoms with E-state index in [1.807, 2.05) is 0 Å². The van der Waals surface area contributed by atoms with Crippen LogP contribution in [-0.2, 0) is 0 Å². The molecule has 0 saturated carbocycles. The van der Waals surface area contributed by atoms with Crippen molar-refractivity contribution in [2.75, 3.05) is 6.54 Å². The van der Waals surface area contributed by atoms with Crippen LogP contribution < -0.4 is 35.3 Å². The Kier molecular flexibility index (Phi) is 16.1. The van der Waals surface area contributed by atoms with E-state index in [2.05, 4.69) is 12.3 Å². The second-order valence-electron chi connectivity index (χ2n) is 0.408. The van der Waals surface area contributed by atoms with Crippen molar-refractivity contribution in [1.82, 2.24) is 0 Å². The van der Waals surface area contributed by atoms with Crippen LogP contribution >= 0.6 is 0 Å². The fourth-order valence-electron chi connectivity index (χ4n) is 0. The molecule has 0 aromatic rings. The molecule has 0 heterocycles. The third-order valence-electron chi connectivity index (χ3n) is 0.118. The first-order chi connectivity index (χ1) is 1.91. The van der Waals surface area contributed by atoms with Crippen LogP contribution in [0.15, 0.2) is 0 Å². The van der Waals surface area contributed by atoms with Gasteiger partial charge >= 0.3 is 29.6 Å². The van der Waals surface area contributed by atoms with Gasteiger partial charge < -0.3 is 7.16 Å². The molecule has 0 atom stereocenters. The fraction of sp³-hybridized carbons (Fsp3) is 0.333. The van der Waals surface area contributed by atoms with E-state index in [1.54, 1.807) is 0 Å². The Labute approximate surface area is 55.7 Å². The predicted molar refractivity (Wildman–Crippen MR) is 19.0 cm³/mol. The Balaban J connectivity index is -0.0000000450. The van der Waals surface area contributed by atoms with E-state index in [-0.39, 0.29) is 31.0 Å². The maximum absolute atomic E-state index is 4.79. The molecule has 0 spiro atoms. The molecule has 24 valence electrons. The van der Waals surface area contributed by atoms with Crippen molar-refractivity contribution in [2.45, 2.75) is 0 Å². The van der Waals surface area contributed by atoms with Gasteiger partial charge in [0.25, 0.3) is 0 Å². The molecule has 0 amide bonds. The van der Waals surface area contributed by atoms with E-state index in [0.29, 0.717) is 6.54 Å². The Morgan fingerprint density at radius 2 is 2.20 bits per heavy atom. The summed E-state index contributed by atoms with van der Waals surface area (Å²) in [7, 11) is 0. The molecule has 0 aromatic carbocycles. The summed E-state index contributed by atoms with van der Waals surface area (Å²) in [6, 6.07) is 0. The number of hydrogen-bond donors (Lipinski definition) is 1. The van der Waals surface area contributed by atoms with Gasteiger partial charge in [0.2, 0.25) is 0 Å². The molecule has 0 saturated heterocycles. The molecule has 2 N–H and O–H groups in total. The summed E-state index contributed by atoms with van der Waals surface area (Å²) in [6.07, 6.45) is 4.65. The van der Waals surface area contributed by atoms with Crippen molar-refractivity contribution in [3.63, 3.8) is 0 Å². The van der Waals surface area contributed by atoms with Crippen molar-refractivity contribution in [3.8, 4) is 12.3 Å². The molecule has 0 rings (SSSR count). The molecule has 0 radical (unpaired) electrons. The zero-order valence-corrected chi connectivity index (χ0v) is 5.36. The average Bonchev–Trinajstić information content (AvgIpc) is 1.37. The number of hydrogen-bond acceptors (Lipinski definition) is 1. The molecular weight excluding hydrogens is 73.0 g/mol. The van der Waals surface area contributed by atoms with Crippen molar-refractivity contribution >= 4 is 0 Å². The van der Waals surface area contributed by atoms with Gasteiger partial charge in [-0.1, -0.05) is 5.92 Å². The molecule has 1 nitrogen and oxygen atoms in total. The van der Waals surface area contributed by atoms with E-state index in [4.69, 9.17) is 5.73 Å². The monoisotopic (exact) mass is 79.0 g/mol. The van der Waals surface area contributed by atoms with Gasteiger partial charge in [-0.15, -0.1) is 6.42 Å². The zero-order valence-electron chi connectivity index (χ0n) is 4.36. The molecular formula is C3H6NNa. The van der Waals surface area contributed by atoms with E-state index in [9.17, 15) is 0 Å². The van der Waals surface area contributed by atoms with E-state index in [1.165, 1.54) is 0 Å². The van der Waals surface area contributed by atoms with E-state index >= 15 is 0 Å². The summed E-state index contributed by atoms with van der Waals surface area (Å²) < 4.78 is 0. The van der Waals surface area contributed by atoms with Gasteiger partial charge in [-0.2, -0.15) is 0 Å². The van der Waals surface area contributed by atoms with Crippen LogP contribution in [-0.4, -0.2) is 6.54 Å². The van der Waals surface area contributed by atoms with E-state index in [0.717, 1.165) is 0 Å². The molecule has 2 heteroatoms. The number of terminal acetylenes is 1. The normalized spacial score (nSPS) is 4.00. The molecule has 0 aromatic heterocycles. The van der Waals surface area contributed by atoms with Crippen LogP contribution in [0.5, 0.6) is 0 Å². The molecule has 0 bridgehead atoms. The first-order valence-electron chi connectivity index (χ1n) is 1.05. The first kappa shape index (κ1) is 9.10. The number of rotatable bonds is 0. The maximum Gasteiger partial charge on any atom is 1.00 e. The van der Waals surface area contributed by atoms with Crippen molar-refractivity contribution in [1.29, 1.82) is 0 Å². The van der Waals surface area contributed by atoms with Gasteiger partial charge in [0, 0.05) is 0 Å². The zero-order chi connectivity index (χ0) is 3.41. The Morgan fingerprint density at radius 1 is 2.00 bits per heavy atom. The van der Waals surface area contributed by atoms with E-state index < -0.39 is 0 Å². The van der Waals surface area contributed by atoms with Gasteiger partial charge in [-0.3, -0.25) is 0 Å². The van der Waals surface area contributed by atoms with Crippen molar-refractivity contribution in [3.05, 3.63) is 0 Å². The van der Waals surface area contributed by atoms with Crippen LogP contribution in [0.25, 0.3) is 0 Å². The molecule has 0 aliphatic heterocycles. The SMILES string of the molecule is C#CCN.[H-].[Na+]. The Hall–Kier alpha value is 0.520. The van der Waals surface area contributed by atoms with Crippen LogP contribution in [0.3, 0.4) is 0 Å². The summed E-state index contributed by atoms with van der Waals surface area (Å²) >= 11 is 0. The van der Waals surface area contributed by atoms with Gasteiger partial charge in [-0.25, -0.2) is 0 Å². The smallest absolute Gasteiger partial charge is 1.00 e. The number of nitrogens with two attached hydrogens (primary N) is 1. The topological polar surface area (TPSA) is 26.0 Å². The standard InChI is InChI=1S/C3H5N.Na.H/c1-2-3-4;;/h1H,3-4H2;;/q;+1;-1. The maximum atomic E-state index is 4.79. The van der Waals surface area contributed by atoms with Gasteiger partial charge in [0.15, 0.2) is 0 Å². The van der Waals surface area contributed by atoms with Crippen LogP contribution in [0.2, 0.25) is 0 Å².